The Morgan fingerprint density at radius 2 is 1.81 bits per heavy atom. The van der Waals surface area contributed by atoms with Gasteiger partial charge in [-0.1, -0.05) is 54.1 Å². The van der Waals surface area contributed by atoms with Crippen LogP contribution in [0, 0.1) is 0 Å². The minimum absolute atomic E-state index is 0.245. The van der Waals surface area contributed by atoms with Gasteiger partial charge in [-0.05, 0) is 38.0 Å². The van der Waals surface area contributed by atoms with Crippen LogP contribution >= 0.6 is 11.6 Å². The van der Waals surface area contributed by atoms with Crippen molar-refractivity contribution >= 4 is 39.6 Å². The first-order chi connectivity index (χ1) is 14.7. The molecule has 4 aromatic rings. The summed E-state index contributed by atoms with van der Waals surface area (Å²) in [5.74, 6) is 0. The minimum Gasteiger partial charge on any atom is -0.444 e. The average molecular weight is 439 g/mol. The van der Waals surface area contributed by atoms with Gasteiger partial charge in [0.1, 0.15) is 11.1 Å². The number of nitrogens with one attached hydrogen (secondary N) is 2. The summed E-state index contributed by atoms with van der Waals surface area (Å²) in [6, 6.07) is 15.3. The minimum atomic E-state index is -0.539. The van der Waals surface area contributed by atoms with Crippen molar-refractivity contribution in [3.05, 3.63) is 75.3 Å². The summed E-state index contributed by atoms with van der Waals surface area (Å²) in [5.41, 5.74) is 3.09. The fourth-order valence-electron chi connectivity index (χ4n) is 3.42. The van der Waals surface area contributed by atoms with E-state index in [4.69, 9.17) is 16.3 Å². The van der Waals surface area contributed by atoms with Crippen LogP contribution in [0.3, 0.4) is 0 Å². The predicted octanol–water partition coefficient (Wildman–Crippen LogP) is 4.60. The molecule has 0 aliphatic carbocycles. The lowest BCUT2D eigenvalue weighted by atomic mass is 10.1. The van der Waals surface area contributed by atoms with Crippen molar-refractivity contribution in [1.82, 2.24) is 19.9 Å². The molecule has 0 saturated heterocycles. The van der Waals surface area contributed by atoms with Gasteiger partial charge in [-0.25, -0.2) is 14.6 Å². The molecule has 0 unspecified atom stereocenters. The molecule has 4 rings (SSSR count). The molecule has 2 aromatic heterocycles. The molecule has 31 heavy (non-hydrogen) atoms. The maximum absolute atomic E-state index is 12.7. The van der Waals surface area contributed by atoms with Crippen molar-refractivity contribution in [3.8, 4) is 0 Å². The van der Waals surface area contributed by atoms with Gasteiger partial charge < -0.3 is 15.0 Å². The zero-order valence-corrected chi connectivity index (χ0v) is 18.3. The average Bonchev–Trinajstić information content (AvgIpc) is 3.03. The van der Waals surface area contributed by atoms with E-state index in [-0.39, 0.29) is 10.8 Å². The monoisotopic (exact) mass is 438 g/mol. The zero-order chi connectivity index (χ0) is 22.2. The molecule has 2 N–H and O–H groups in total. The fraction of sp³-hybridized carbons (Fsp3) is 0.261. The van der Waals surface area contributed by atoms with E-state index >= 15 is 0 Å². The smallest absolute Gasteiger partial charge is 0.407 e. The Hall–Kier alpha value is -3.32. The van der Waals surface area contributed by atoms with Crippen LogP contribution in [0.2, 0.25) is 5.15 Å². The number of para-hydroxylation sites is 1. The SMILES string of the molecule is CC(C)(C)OC(=O)NCc1ccc(Cn2c(=O)[nH]c3c(Cl)nc4ccccc4c32)cc1. The summed E-state index contributed by atoms with van der Waals surface area (Å²) in [6.07, 6.45) is -0.459. The number of alkyl carbamates (subject to hydrolysis) is 1. The number of pyridine rings is 1. The van der Waals surface area contributed by atoms with Crippen LogP contribution in [0.1, 0.15) is 31.9 Å². The molecule has 0 aliphatic rings. The normalized spacial score (nSPS) is 11.7. The Morgan fingerprint density at radius 3 is 2.52 bits per heavy atom. The Morgan fingerprint density at radius 1 is 1.13 bits per heavy atom. The number of halogens is 1. The number of ether oxygens (including phenoxy) is 1. The first kappa shape index (κ1) is 20.9. The number of hydrogen-bond donors (Lipinski definition) is 2. The van der Waals surface area contributed by atoms with Crippen LogP contribution in [-0.4, -0.2) is 26.2 Å². The first-order valence-corrected chi connectivity index (χ1v) is 10.3. The standard InChI is InChI=1S/C23H23ClN4O3/c1-23(2,3)31-22(30)25-12-14-8-10-15(11-9-14)13-28-19-16-6-4-5-7-17(16)26-20(24)18(19)27-21(28)29/h4-11H,12-13H2,1-3H3,(H,25,30)(H,27,29). The van der Waals surface area contributed by atoms with Gasteiger partial charge in [0.05, 0.1) is 17.6 Å². The van der Waals surface area contributed by atoms with Crippen LogP contribution in [-0.2, 0) is 17.8 Å². The number of rotatable bonds is 4. The number of amides is 1. The van der Waals surface area contributed by atoms with E-state index in [1.54, 1.807) is 4.57 Å². The van der Waals surface area contributed by atoms with E-state index in [0.29, 0.717) is 18.6 Å². The molecular weight excluding hydrogens is 416 g/mol. The van der Waals surface area contributed by atoms with Gasteiger partial charge in [0.25, 0.3) is 0 Å². The third-order valence-electron chi connectivity index (χ3n) is 4.77. The lowest BCUT2D eigenvalue weighted by molar-refractivity contribution is 0.0523. The van der Waals surface area contributed by atoms with Gasteiger partial charge in [0.2, 0.25) is 0 Å². The third kappa shape index (κ3) is 4.56. The number of carbonyl (C=O) groups is 1. The Labute approximate surface area is 184 Å². The number of imidazole rings is 1. The van der Waals surface area contributed by atoms with E-state index in [1.807, 2.05) is 69.3 Å². The van der Waals surface area contributed by atoms with Crippen molar-refractivity contribution in [2.24, 2.45) is 0 Å². The number of carbonyl (C=O) groups excluding carboxylic acids is 1. The number of aromatic nitrogens is 3. The molecule has 0 atom stereocenters. The van der Waals surface area contributed by atoms with E-state index < -0.39 is 11.7 Å². The predicted molar refractivity (Wildman–Crippen MR) is 121 cm³/mol. The van der Waals surface area contributed by atoms with Gasteiger partial charge in [0.15, 0.2) is 5.15 Å². The summed E-state index contributed by atoms with van der Waals surface area (Å²) >= 11 is 6.31. The summed E-state index contributed by atoms with van der Waals surface area (Å²) in [6.45, 7) is 6.19. The van der Waals surface area contributed by atoms with Crippen LogP contribution in [0.5, 0.6) is 0 Å². The zero-order valence-electron chi connectivity index (χ0n) is 17.5. The fourth-order valence-corrected chi connectivity index (χ4v) is 3.64. The third-order valence-corrected chi connectivity index (χ3v) is 5.04. The van der Waals surface area contributed by atoms with Crippen LogP contribution in [0.4, 0.5) is 4.79 Å². The summed E-state index contributed by atoms with van der Waals surface area (Å²) in [5, 5.41) is 3.87. The number of nitrogens with zero attached hydrogens (tertiary/aromatic N) is 2. The lowest BCUT2D eigenvalue weighted by Gasteiger charge is -2.19. The molecule has 8 heteroatoms. The largest absolute Gasteiger partial charge is 0.444 e. The molecule has 0 spiro atoms. The molecule has 0 saturated carbocycles. The van der Waals surface area contributed by atoms with E-state index in [1.165, 1.54) is 0 Å². The first-order valence-electron chi connectivity index (χ1n) is 9.93. The lowest BCUT2D eigenvalue weighted by Crippen LogP contribution is -2.32. The second-order valence-corrected chi connectivity index (χ2v) is 8.69. The van der Waals surface area contributed by atoms with Crippen molar-refractivity contribution in [3.63, 3.8) is 0 Å². The number of H-pyrrole nitrogens is 1. The highest BCUT2D eigenvalue weighted by Crippen LogP contribution is 2.27. The van der Waals surface area contributed by atoms with Crippen molar-refractivity contribution < 1.29 is 9.53 Å². The molecule has 160 valence electrons. The molecule has 0 radical (unpaired) electrons. The van der Waals surface area contributed by atoms with Gasteiger partial charge in [0, 0.05) is 11.9 Å². The van der Waals surface area contributed by atoms with Gasteiger partial charge in [-0.15, -0.1) is 0 Å². The van der Waals surface area contributed by atoms with Crippen molar-refractivity contribution in [2.75, 3.05) is 0 Å². The molecule has 0 aliphatic heterocycles. The van der Waals surface area contributed by atoms with E-state index in [2.05, 4.69) is 15.3 Å². The number of aromatic amines is 1. The van der Waals surface area contributed by atoms with Crippen LogP contribution < -0.4 is 11.0 Å². The molecule has 2 aromatic carbocycles. The molecule has 0 fully saturated rings. The van der Waals surface area contributed by atoms with E-state index in [9.17, 15) is 9.59 Å². The van der Waals surface area contributed by atoms with Crippen molar-refractivity contribution in [1.29, 1.82) is 0 Å². The van der Waals surface area contributed by atoms with E-state index in [0.717, 1.165) is 27.5 Å². The van der Waals surface area contributed by atoms with Gasteiger partial charge in [-0.2, -0.15) is 0 Å². The maximum Gasteiger partial charge on any atom is 0.407 e. The maximum atomic E-state index is 12.7. The molecular formula is C23H23ClN4O3. The molecule has 0 bridgehead atoms. The topological polar surface area (TPSA) is 89.0 Å². The Balaban J connectivity index is 1.57. The molecule has 7 nitrogen and oxygen atoms in total. The van der Waals surface area contributed by atoms with Crippen LogP contribution in [0.15, 0.2) is 53.3 Å². The number of fused-ring (bicyclic) bond motifs is 3. The number of benzene rings is 2. The Kier molecular flexibility index (Phi) is 5.45. The van der Waals surface area contributed by atoms with Crippen LogP contribution in [0.25, 0.3) is 21.9 Å². The highest BCUT2D eigenvalue weighted by atomic mass is 35.5. The molecule has 2 heterocycles. The highest BCUT2D eigenvalue weighted by molar-refractivity contribution is 6.35. The Bertz CT molecular complexity index is 1320. The van der Waals surface area contributed by atoms with Gasteiger partial charge in [-0.3, -0.25) is 4.57 Å². The highest BCUT2D eigenvalue weighted by Gasteiger charge is 2.16. The second kappa shape index (κ2) is 8.07. The second-order valence-electron chi connectivity index (χ2n) is 8.33. The van der Waals surface area contributed by atoms with Gasteiger partial charge >= 0.3 is 11.8 Å². The number of hydrogen-bond acceptors (Lipinski definition) is 4. The molecule has 1 amide bonds. The summed E-state index contributed by atoms with van der Waals surface area (Å²) < 4.78 is 6.91. The quantitative estimate of drug-likeness (QED) is 0.455. The van der Waals surface area contributed by atoms with Crippen molar-refractivity contribution in [2.45, 2.75) is 39.5 Å². The summed E-state index contributed by atoms with van der Waals surface area (Å²) in [7, 11) is 0. The summed E-state index contributed by atoms with van der Waals surface area (Å²) in [4.78, 5) is 31.7.